The number of fused-ring (bicyclic) bond motifs is 1. The third-order valence-electron chi connectivity index (χ3n) is 4.90. The van der Waals surface area contributed by atoms with Crippen molar-refractivity contribution in [3.63, 3.8) is 0 Å². The first kappa shape index (κ1) is 23.3. The van der Waals surface area contributed by atoms with Crippen LogP contribution in [0.1, 0.15) is 16.0 Å². The average Bonchev–Trinajstić information content (AvgIpc) is 3.17. The lowest BCUT2D eigenvalue weighted by molar-refractivity contribution is 0.775. The van der Waals surface area contributed by atoms with E-state index in [4.69, 9.17) is 44.1 Å². The monoisotopic (exact) mass is 543 g/mol. The first-order valence-corrected chi connectivity index (χ1v) is 15.0. The number of para-hydroxylation sites is 1. The molecule has 2 heterocycles. The van der Waals surface area contributed by atoms with Gasteiger partial charge in [-0.15, -0.1) is 0 Å². The predicted molar refractivity (Wildman–Crippen MR) is 146 cm³/mol. The smallest absolute Gasteiger partial charge is 0.256 e. The van der Waals surface area contributed by atoms with Crippen LogP contribution in [0.3, 0.4) is 0 Å². The van der Waals surface area contributed by atoms with Gasteiger partial charge < -0.3 is 0 Å². The molecule has 0 unspecified atom stereocenters. The highest BCUT2D eigenvalue weighted by Gasteiger charge is 2.27. The van der Waals surface area contributed by atoms with Crippen LogP contribution in [0.5, 0.6) is 0 Å². The van der Waals surface area contributed by atoms with Crippen LogP contribution in [0, 0.1) is 0 Å². The zero-order valence-electron chi connectivity index (χ0n) is 17.6. The highest BCUT2D eigenvalue weighted by atomic mass is 35.9. The molecule has 0 N–H and O–H groups in total. The third kappa shape index (κ3) is 5.27. The Hall–Kier alpha value is -2.47. The van der Waals surface area contributed by atoms with E-state index in [-0.39, 0.29) is 5.17 Å². The van der Waals surface area contributed by atoms with E-state index < -0.39 is 5.91 Å². The van der Waals surface area contributed by atoms with Gasteiger partial charge in [-0.2, -0.15) is 4.74 Å². The van der Waals surface area contributed by atoms with Crippen molar-refractivity contribution in [2.75, 3.05) is 0 Å². The highest BCUT2D eigenvalue weighted by molar-refractivity contribution is 8.09. The molecule has 0 fully saturated rings. The Morgan fingerprint density at radius 3 is 2.18 bits per heavy atom. The van der Waals surface area contributed by atoms with Gasteiger partial charge in [-0.05, 0) is 40.2 Å². The Bertz CT molecular complexity index is 1500. The molecule has 0 saturated carbocycles. The number of halogens is 3. The van der Waals surface area contributed by atoms with Crippen molar-refractivity contribution in [2.45, 2.75) is 6.54 Å². The molecule has 3 aromatic carbocycles. The Balaban J connectivity index is 1.75. The van der Waals surface area contributed by atoms with Gasteiger partial charge in [-0.1, -0.05) is 102 Å². The zero-order chi connectivity index (χ0) is 23.5. The van der Waals surface area contributed by atoms with Crippen LogP contribution < -0.4 is 4.80 Å². The fraction of sp³-hybridized carbons (Fsp3) is 0.0417. The van der Waals surface area contributed by atoms with Crippen molar-refractivity contribution in [3.8, 4) is 0 Å². The van der Waals surface area contributed by atoms with E-state index in [0.29, 0.717) is 27.9 Å². The molecular formula is C24H17Cl3N5PS. The second-order valence-corrected chi connectivity index (χ2v) is 13.3. The quantitative estimate of drug-likeness (QED) is 0.141. The van der Waals surface area contributed by atoms with Crippen LogP contribution >= 0.6 is 51.3 Å². The number of aliphatic imine (C=N–C) groups is 1. The lowest BCUT2D eigenvalue weighted by atomic mass is 10.2. The summed E-state index contributed by atoms with van der Waals surface area (Å²) in [7, 11) is 0. The maximum atomic E-state index is 6.48. The Labute approximate surface area is 215 Å². The molecule has 0 amide bonds. The minimum atomic E-state index is -2.95. The largest absolute Gasteiger partial charge is 0.296 e. The molecule has 1 aromatic heterocycles. The number of thiazole rings is 1. The van der Waals surface area contributed by atoms with E-state index >= 15 is 0 Å². The van der Waals surface area contributed by atoms with Gasteiger partial charge in [-0.3, -0.25) is 4.57 Å². The normalized spacial score (nSPS) is 15.4. The number of hydrogen-bond donors (Lipinski definition) is 0. The predicted octanol–water partition coefficient (Wildman–Crippen LogP) is 8.33. The molecule has 1 aliphatic heterocycles. The Morgan fingerprint density at radius 1 is 0.882 bits per heavy atom. The fourth-order valence-electron chi connectivity index (χ4n) is 3.37. The molecule has 0 aliphatic carbocycles. The standard InChI is InChI=1S/C24H17Cl3N5PS/c25-21-20-23(31-33(26,27)30-21)32(16-17-10-4-1-5-11-17)24(34-20)29-22(18-12-6-2-7-13-18)28-19-14-8-3-9-15-19/h1-15H,16H2. The van der Waals surface area contributed by atoms with Crippen LogP contribution in [-0.4, -0.2) is 15.6 Å². The molecular weight excluding hydrogens is 528 g/mol. The van der Waals surface area contributed by atoms with Gasteiger partial charge >= 0.3 is 0 Å². The summed E-state index contributed by atoms with van der Waals surface area (Å²) in [5.74, 6) is -1.80. The van der Waals surface area contributed by atoms with Crippen LogP contribution in [0.15, 0.2) is 110 Å². The summed E-state index contributed by atoms with van der Waals surface area (Å²) in [5.41, 5.74) is 2.77. The summed E-state index contributed by atoms with van der Waals surface area (Å²) in [6.07, 6.45) is 0. The minimum Gasteiger partial charge on any atom is -0.296 e. The van der Waals surface area contributed by atoms with Crippen molar-refractivity contribution in [1.82, 2.24) is 4.57 Å². The summed E-state index contributed by atoms with van der Waals surface area (Å²) in [6.45, 7) is 0.514. The molecule has 170 valence electrons. The second kappa shape index (κ2) is 10.0. The summed E-state index contributed by atoms with van der Waals surface area (Å²) >= 11 is 20.6. The van der Waals surface area contributed by atoms with E-state index in [1.165, 1.54) is 11.3 Å². The van der Waals surface area contributed by atoms with Gasteiger partial charge in [-0.25, -0.2) is 14.7 Å². The van der Waals surface area contributed by atoms with E-state index in [0.717, 1.165) is 16.8 Å². The van der Waals surface area contributed by atoms with Crippen LogP contribution in [0.25, 0.3) is 0 Å². The zero-order valence-corrected chi connectivity index (χ0v) is 21.6. The van der Waals surface area contributed by atoms with Crippen molar-refractivity contribution in [1.29, 1.82) is 0 Å². The molecule has 0 radical (unpaired) electrons. The van der Waals surface area contributed by atoms with Crippen molar-refractivity contribution in [3.05, 3.63) is 112 Å². The second-order valence-electron chi connectivity index (χ2n) is 7.30. The molecule has 5 rings (SSSR count). The molecule has 0 bridgehead atoms. The molecule has 10 heteroatoms. The van der Waals surface area contributed by atoms with Crippen molar-refractivity contribution < 1.29 is 0 Å². The summed E-state index contributed by atoms with van der Waals surface area (Å²) in [6, 6.07) is 29.6. The SMILES string of the molecule is ClC1=NP(Cl)(Cl)=Nc2c1sc(=NC(=Nc1ccccc1)c1ccccc1)n2Cc1ccccc1. The average molecular weight is 545 g/mol. The van der Waals surface area contributed by atoms with Gasteiger partial charge in [0.15, 0.2) is 21.6 Å². The first-order chi connectivity index (χ1) is 16.5. The van der Waals surface area contributed by atoms with Crippen LogP contribution in [-0.2, 0) is 6.54 Å². The summed E-state index contributed by atoms with van der Waals surface area (Å²) < 4.78 is 10.7. The van der Waals surface area contributed by atoms with E-state index in [1.54, 1.807) is 0 Å². The first-order valence-electron chi connectivity index (χ1n) is 10.3. The molecule has 34 heavy (non-hydrogen) atoms. The Morgan fingerprint density at radius 2 is 1.50 bits per heavy atom. The maximum absolute atomic E-state index is 6.48. The van der Waals surface area contributed by atoms with E-state index in [1.807, 2.05) is 95.6 Å². The van der Waals surface area contributed by atoms with Crippen LogP contribution in [0.2, 0.25) is 0 Å². The number of benzene rings is 3. The number of nitrogens with zero attached hydrogens (tertiary/aromatic N) is 5. The number of hydrogen-bond acceptors (Lipinski definition) is 4. The molecule has 0 saturated heterocycles. The molecule has 5 nitrogen and oxygen atoms in total. The molecule has 1 aliphatic rings. The maximum Gasteiger partial charge on any atom is 0.256 e. The molecule has 0 spiro atoms. The van der Waals surface area contributed by atoms with Gasteiger partial charge in [0.2, 0.25) is 0 Å². The highest BCUT2D eigenvalue weighted by Crippen LogP contribution is 2.66. The summed E-state index contributed by atoms with van der Waals surface area (Å²) in [5, 5.41) is 0.248. The van der Waals surface area contributed by atoms with Gasteiger partial charge in [0, 0.05) is 5.56 Å². The number of amidine groups is 1. The number of rotatable bonds is 4. The minimum absolute atomic E-state index is 0.248. The molecule has 4 aromatic rings. The van der Waals surface area contributed by atoms with Crippen LogP contribution in [0.4, 0.5) is 11.5 Å². The lowest BCUT2D eigenvalue weighted by Gasteiger charge is -2.13. The Kier molecular flexibility index (Phi) is 6.87. The fourth-order valence-corrected chi connectivity index (χ4v) is 6.90. The number of aromatic nitrogens is 1. The van der Waals surface area contributed by atoms with E-state index in [9.17, 15) is 0 Å². The van der Waals surface area contributed by atoms with E-state index in [2.05, 4.69) is 9.51 Å². The third-order valence-corrected chi connectivity index (χ3v) is 8.26. The van der Waals surface area contributed by atoms with Gasteiger partial charge in [0.1, 0.15) is 4.88 Å². The van der Waals surface area contributed by atoms with Gasteiger partial charge in [0.05, 0.1) is 12.2 Å². The van der Waals surface area contributed by atoms with Crippen molar-refractivity contribution >= 4 is 73.8 Å². The topological polar surface area (TPSA) is 54.4 Å². The summed E-state index contributed by atoms with van der Waals surface area (Å²) in [4.78, 5) is 11.2. The molecule has 0 atom stereocenters. The van der Waals surface area contributed by atoms with Gasteiger partial charge in [0.25, 0.3) is 5.91 Å². The lowest BCUT2D eigenvalue weighted by Crippen LogP contribution is -2.18. The van der Waals surface area contributed by atoms with Crippen molar-refractivity contribution in [2.24, 2.45) is 19.5 Å².